The molecule has 0 radical (unpaired) electrons. The van der Waals surface area contributed by atoms with E-state index in [1.807, 2.05) is 47.4 Å². The minimum atomic E-state index is -1.04. The highest BCUT2D eigenvalue weighted by atomic mass is 16.4. The van der Waals surface area contributed by atoms with Crippen molar-refractivity contribution < 1.29 is 19.5 Å². The molecule has 2 amide bonds. The molecule has 0 aliphatic carbocycles. The molecule has 0 spiro atoms. The number of aliphatic carboxylic acids is 1. The molecule has 39 heavy (non-hydrogen) atoms. The number of fused-ring (bicyclic) bond motifs is 1. The Bertz CT molecular complexity index is 1090. The molecule has 3 rings (SSSR count). The number of benzene rings is 2. The Labute approximate surface area is 233 Å². The van der Waals surface area contributed by atoms with Gasteiger partial charge in [-0.15, -0.1) is 0 Å². The molecule has 7 nitrogen and oxygen atoms in total. The number of amides is 2. The molecular weight excluding hydrogens is 490 g/mol. The molecule has 212 valence electrons. The maximum Gasteiger partial charge on any atom is 0.323 e. The van der Waals surface area contributed by atoms with E-state index in [1.54, 1.807) is 13.0 Å². The van der Waals surface area contributed by atoms with Crippen LogP contribution >= 0.6 is 0 Å². The third kappa shape index (κ3) is 9.81. The lowest BCUT2D eigenvalue weighted by atomic mass is 10.0. The normalized spacial score (nSPS) is 15.2. The lowest BCUT2D eigenvalue weighted by molar-refractivity contribution is -0.137. The summed E-state index contributed by atoms with van der Waals surface area (Å²) in [5, 5.41) is 9.53. The van der Waals surface area contributed by atoms with Crippen molar-refractivity contribution in [3.8, 4) is 0 Å². The van der Waals surface area contributed by atoms with Crippen molar-refractivity contribution >= 4 is 23.5 Å². The van der Waals surface area contributed by atoms with Crippen molar-refractivity contribution in [2.75, 3.05) is 37.6 Å². The summed E-state index contributed by atoms with van der Waals surface area (Å²) in [6.45, 7) is 9.25. The zero-order valence-electron chi connectivity index (χ0n) is 23.9. The monoisotopic (exact) mass is 535 g/mol. The van der Waals surface area contributed by atoms with E-state index in [0.29, 0.717) is 37.5 Å². The number of hydrogen-bond donors (Lipinski definition) is 1. The summed E-state index contributed by atoms with van der Waals surface area (Å²) in [6, 6.07) is 15.3. The maximum atomic E-state index is 13.6. The van der Waals surface area contributed by atoms with Crippen molar-refractivity contribution in [1.82, 2.24) is 9.80 Å². The van der Waals surface area contributed by atoms with E-state index in [1.165, 1.54) is 17.7 Å². The summed E-state index contributed by atoms with van der Waals surface area (Å²) in [5.41, 5.74) is 3.31. The predicted octanol–water partition coefficient (Wildman–Crippen LogP) is 5.62. The highest BCUT2D eigenvalue weighted by molar-refractivity contribution is 5.98. The van der Waals surface area contributed by atoms with Crippen LogP contribution in [-0.2, 0) is 22.6 Å². The van der Waals surface area contributed by atoms with E-state index in [4.69, 9.17) is 0 Å². The van der Waals surface area contributed by atoms with E-state index < -0.39 is 5.97 Å². The highest BCUT2D eigenvalue weighted by Gasteiger charge is 2.23. The van der Waals surface area contributed by atoms with Crippen LogP contribution in [0.5, 0.6) is 0 Å². The SMILES string of the molecule is CC(=O)N1CCCCCCCN(CCC(C)C)Cc2cc(C(=O)N(CCc3ccccc3)CC(=O)O)ccc21. The Kier molecular flexibility index (Phi) is 12.0. The lowest BCUT2D eigenvalue weighted by Gasteiger charge is -2.30. The van der Waals surface area contributed by atoms with Gasteiger partial charge < -0.3 is 14.9 Å². The first-order valence-corrected chi connectivity index (χ1v) is 14.4. The minimum Gasteiger partial charge on any atom is -0.480 e. The quantitative estimate of drug-likeness (QED) is 0.451. The fourth-order valence-corrected chi connectivity index (χ4v) is 5.15. The Hall–Kier alpha value is -3.19. The molecule has 0 fully saturated rings. The largest absolute Gasteiger partial charge is 0.480 e. The molecule has 0 atom stereocenters. The maximum absolute atomic E-state index is 13.6. The molecule has 0 bridgehead atoms. The molecule has 1 aliphatic heterocycles. The first kappa shape index (κ1) is 30.4. The van der Waals surface area contributed by atoms with E-state index in [9.17, 15) is 19.5 Å². The number of anilines is 1. The summed E-state index contributed by atoms with van der Waals surface area (Å²) < 4.78 is 0. The van der Waals surface area contributed by atoms with Gasteiger partial charge in [0.2, 0.25) is 5.91 Å². The van der Waals surface area contributed by atoms with Gasteiger partial charge in [0.25, 0.3) is 5.91 Å². The second kappa shape index (κ2) is 15.4. The van der Waals surface area contributed by atoms with Gasteiger partial charge in [-0.2, -0.15) is 0 Å². The number of carboxylic acids is 1. The average molecular weight is 536 g/mol. The number of rotatable bonds is 9. The third-order valence-electron chi connectivity index (χ3n) is 7.40. The molecule has 0 unspecified atom stereocenters. The van der Waals surface area contributed by atoms with Crippen LogP contribution in [0.1, 0.15) is 80.8 Å². The topological polar surface area (TPSA) is 81.2 Å². The average Bonchev–Trinajstić information content (AvgIpc) is 2.90. The first-order chi connectivity index (χ1) is 18.7. The van der Waals surface area contributed by atoms with Crippen molar-refractivity contribution in [1.29, 1.82) is 0 Å². The van der Waals surface area contributed by atoms with Crippen molar-refractivity contribution in [2.24, 2.45) is 5.92 Å². The van der Waals surface area contributed by atoms with Gasteiger partial charge in [-0.25, -0.2) is 0 Å². The number of carbonyl (C=O) groups excluding carboxylic acids is 2. The van der Waals surface area contributed by atoms with Crippen molar-refractivity contribution in [3.63, 3.8) is 0 Å². The van der Waals surface area contributed by atoms with Crippen LogP contribution in [0.3, 0.4) is 0 Å². The number of hydrogen-bond acceptors (Lipinski definition) is 4. The van der Waals surface area contributed by atoms with Crippen LogP contribution in [0, 0.1) is 5.92 Å². The van der Waals surface area contributed by atoms with Crippen LogP contribution in [0.25, 0.3) is 0 Å². The molecule has 0 saturated heterocycles. The summed E-state index contributed by atoms with van der Waals surface area (Å²) in [6.07, 6.45) is 7.17. The Morgan fingerprint density at radius 2 is 1.64 bits per heavy atom. The molecule has 1 aliphatic rings. The van der Waals surface area contributed by atoms with Gasteiger partial charge in [-0.1, -0.05) is 63.4 Å². The fraction of sp³-hybridized carbons (Fsp3) is 0.531. The first-order valence-electron chi connectivity index (χ1n) is 14.4. The van der Waals surface area contributed by atoms with Crippen LogP contribution < -0.4 is 4.90 Å². The predicted molar refractivity (Wildman–Crippen MR) is 156 cm³/mol. The molecule has 1 N–H and O–H groups in total. The molecule has 1 heterocycles. The van der Waals surface area contributed by atoms with E-state index in [0.717, 1.165) is 55.6 Å². The minimum absolute atomic E-state index is 0.00326. The molecule has 2 aromatic carbocycles. The fourth-order valence-electron chi connectivity index (χ4n) is 5.15. The van der Waals surface area contributed by atoms with Gasteiger partial charge in [-0.05, 0) is 74.0 Å². The smallest absolute Gasteiger partial charge is 0.323 e. The second-order valence-corrected chi connectivity index (χ2v) is 11.1. The van der Waals surface area contributed by atoms with Crippen molar-refractivity contribution in [2.45, 2.75) is 72.3 Å². The van der Waals surface area contributed by atoms with Crippen LogP contribution in [0.4, 0.5) is 5.69 Å². The van der Waals surface area contributed by atoms with Gasteiger partial charge in [-0.3, -0.25) is 19.3 Å². The van der Waals surface area contributed by atoms with Crippen LogP contribution in [0.15, 0.2) is 48.5 Å². The van der Waals surface area contributed by atoms with Crippen LogP contribution in [0.2, 0.25) is 0 Å². The second-order valence-electron chi connectivity index (χ2n) is 11.1. The molecule has 7 heteroatoms. The Balaban J connectivity index is 1.94. The molecule has 0 aromatic heterocycles. The zero-order chi connectivity index (χ0) is 28.2. The van der Waals surface area contributed by atoms with Gasteiger partial charge in [0.1, 0.15) is 6.54 Å². The highest BCUT2D eigenvalue weighted by Crippen LogP contribution is 2.27. The lowest BCUT2D eigenvalue weighted by Crippen LogP contribution is -2.37. The summed E-state index contributed by atoms with van der Waals surface area (Å²) in [5.74, 6) is -0.756. The summed E-state index contributed by atoms with van der Waals surface area (Å²) in [4.78, 5) is 43.7. The standard InChI is InChI=1S/C32H45N3O4/c1-25(2)16-20-33-18-10-5-4-6-11-19-35(26(3)36)30-15-14-28(22-29(30)23-33)32(39)34(24-31(37)38)21-17-27-12-8-7-9-13-27/h7-9,12-15,22,25H,4-6,10-11,16-21,23-24H2,1-3H3,(H,37,38). The third-order valence-corrected chi connectivity index (χ3v) is 7.40. The number of nitrogens with zero attached hydrogens (tertiary/aromatic N) is 3. The molecule has 2 aromatic rings. The van der Waals surface area contributed by atoms with Gasteiger partial charge in [0.15, 0.2) is 0 Å². The summed E-state index contributed by atoms with van der Waals surface area (Å²) >= 11 is 0. The Morgan fingerprint density at radius 3 is 2.31 bits per heavy atom. The summed E-state index contributed by atoms with van der Waals surface area (Å²) in [7, 11) is 0. The number of carboxylic acid groups (broad SMARTS) is 1. The van der Waals surface area contributed by atoms with Gasteiger partial charge >= 0.3 is 5.97 Å². The zero-order valence-corrected chi connectivity index (χ0v) is 23.9. The molecule has 0 saturated carbocycles. The van der Waals surface area contributed by atoms with Crippen molar-refractivity contribution in [3.05, 3.63) is 65.2 Å². The van der Waals surface area contributed by atoms with Gasteiger partial charge in [0, 0.05) is 37.8 Å². The van der Waals surface area contributed by atoms with E-state index >= 15 is 0 Å². The number of carbonyl (C=O) groups is 3. The van der Waals surface area contributed by atoms with Gasteiger partial charge in [0.05, 0.1) is 0 Å². The molecular formula is C32H45N3O4. The van der Waals surface area contributed by atoms with E-state index in [-0.39, 0.29) is 18.4 Å². The van der Waals surface area contributed by atoms with E-state index in [2.05, 4.69) is 18.7 Å². The Morgan fingerprint density at radius 1 is 0.949 bits per heavy atom. The van der Waals surface area contributed by atoms with Crippen LogP contribution in [-0.4, -0.2) is 65.4 Å².